The fourth-order valence-corrected chi connectivity index (χ4v) is 4.14. The van der Waals surface area contributed by atoms with Gasteiger partial charge >= 0.3 is 6.09 Å². The van der Waals surface area contributed by atoms with E-state index in [1.165, 1.54) is 17.0 Å². The van der Waals surface area contributed by atoms with E-state index in [1.807, 2.05) is 59.7 Å². The third kappa shape index (κ3) is 8.78. The highest BCUT2D eigenvalue weighted by atomic mass is 16.6. The normalized spacial score (nSPS) is 13.3. The van der Waals surface area contributed by atoms with Crippen LogP contribution in [0.4, 0.5) is 4.79 Å². The van der Waals surface area contributed by atoms with Gasteiger partial charge in [-0.3, -0.25) is 9.59 Å². The number of alkyl carbamates (subject to hydrolysis) is 1. The Morgan fingerprint density at radius 3 is 2.11 bits per heavy atom. The van der Waals surface area contributed by atoms with Gasteiger partial charge in [-0.05, 0) is 96.7 Å². The molecule has 2 atom stereocenters. The van der Waals surface area contributed by atoms with Gasteiger partial charge in [0.05, 0.1) is 0 Å². The van der Waals surface area contributed by atoms with Gasteiger partial charge in [0, 0.05) is 18.5 Å². The van der Waals surface area contributed by atoms with Gasteiger partial charge in [0.15, 0.2) is 0 Å². The summed E-state index contributed by atoms with van der Waals surface area (Å²) in [7, 11) is 0. The summed E-state index contributed by atoms with van der Waals surface area (Å²) in [5.41, 5.74) is 2.11. The summed E-state index contributed by atoms with van der Waals surface area (Å²) in [6, 6.07) is 10.2. The quantitative estimate of drug-likeness (QED) is 0.452. The minimum absolute atomic E-state index is 0.0979. The van der Waals surface area contributed by atoms with Crippen LogP contribution in [-0.2, 0) is 20.7 Å². The zero-order valence-corrected chi connectivity index (χ0v) is 24.1. The second-order valence-corrected chi connectivity index (χ2v) is 11.6. The van der Waals surface area contributed by atoms with E-state index in [-0.39, 0.29) is 24.6 Å². The number of carbonyl (C=O) groups is 3. The van der Waals surface area contributed by atoms with E-state index in [0.717, 1.165) is 22.3 Å². The van der Waals surface area contributed by atoms with Gasteiger partial charge in [0.1, 0.15) is 23.4 Å². The molecule has 38 heavy (non-hydrogen) atoms. The molecule has 2 aromatic rings. The van der Waals surface area contributed by atoms with Crippen molar-refractivity contribution in [3.8, 4) is 5.75 Å². The molecule has 2 rings (SSSR count). The van der Waals surface area contributed by atoms with Crippen LogP contribution in [-0.4, -0.2) is 51.6 Å². The van der Waals surface area contributed by atoms with Crippen LogP contribution >= 0.6 is 0 Å². The number of aromatic hydroxyl groups is 1. The van der Waals surface area contributed by atoms with E-state index >= 15 is 0 Å². The molecule has 208 valence electrons. The van der Waals surface area contributed by atoms with Crippen LogP contribution in [0.3, 0.4) is 0 Å². The first kappa shape index (κ1) is 30.7. The van der Waals surface area contributed by atoms with Crippen molar-refractivity contribution in [1.82, 2.24) is 15.5 Å². The van der Waals surface area contributed by atoms with Crippen molar-refractivity contribution in [3.05, 3.63) is 64.7 Å². The summed E-state index contributed by atoms with van der Waals surface area (Å²) >= 11 is 0. The molecule has 0 aliphatic rings. The fraction of sp³-hybridized carbons (Fsp3) is 0.500. The molecule has 2 unspecified atom stereocenters. The average molecular weight is 526 g/mol. The number of rotatable bonds is 8. The molecule has 8 nitrogen and oxygen atoms in total. The molecule has 0 heterocycles. The number of ether oxygens (including phenoxy) is 1. The van der Waals surface area contributed by atoms with E-state index in [4.69, 9.17) is 4.74 Å². The number of phenolic OH excluding ortho intramolecular Hbond substituents is 1. The van der Waals surface area contributed by atoms with Gasteiger partial charge in [-0.2, -0.15) is 0 Å². The lowest BCUT2D eigenvalue weighted by atomic mass is 9.94. The second-order valence-electron chi connectivity index (χ2n) is 11.6. The van der Waals surface area contributed by atoms with E-state index < -0.39 is 35.2 Å². The number of nitrogens with one attached hydrogen (secondary N) is 2. The molecule has 0 radical (unpaired) electrons. The highest BCUT2D eigenvalue weighted by Gasteiger charge is 2.37. The molecule has 0 aliphatic carbocycles. The standard InChI is InChI=1S/C30H43N3O5/c1-10-33(25(26(35)32-29(4,5)6)23-13-11-12-19(2)20(23)3)27(36)24(31-28(37)38-30(7,8)9)18-21-14-16-22(34)17-15-21/h11-17,24-25,34H,10,18H2,1-9H3,(H,31,37)(H,32,35). The molecule has 0 aliphatic heterocycles. The Hall–Kier alpha value is -3.55. The van der Waals surface area contributed by atoms with Crippen molar-refractivity contribution in [3.63, 3.8) is 0 Å². The van der Waals surface area contributed by atoms with Crippen LogP contribution in [0.15, 0.2) is 42.5 Å². The molecule has 3 N–H and O–H groups in total. The largest absolute Gasteiger partial charge is 0.508 e. The Kier molecular flexibility index (Phi) is 9.95. The molecule has 0 spiro atoms. The summed E-state index contributed by atoms with van der Waals surface area (Å²) < 4.78 is 5.44. The lowest BCUT2D eigenvalue weighted by molar-refractivity contribution is -0.142. The minimum atomic E-state index is -1.01. The van der Waals surface area contributed by atoms with Crippen LogP contribution in [0.25, 0.3) is 0 Å². The lowest BCUT2D eigenvalue weighted by Crippen LogP contribution is -2.55. The van der Waals surface area contributed by atoms with Crippen LogP contribution in [0, 0.1) is 13.8 Å². The van der Waals surface area contributed by atoms with Crippen LogP contribution < -0.4 is 10.6 Å². The average Bonchev–Trinajstić information content (AvgIpc) is 2.77. The molecule has 8 heteroatoms. The van der Waals surface area contributed by atoms with Gasteiger partial charge in [-0.25, -0.2) is 4.79 Å². The molecule has 0 saturated carbocycles. The van der Waals surface area contributed by atoms with Gasteiger partial charge in [0.25, 0.3) is 0 Å². The first-order chi connectivity index (χ1) is 17.5. The molecule has 0 aromatic heterocycles. The Bertz CT molecular complexity index is 1130. The van der Waals surface area contributed by atoms with Crippen LogP contribution in [0.5, 0.6) is 5.75 Å². The van der Waals surface area contributed by atoms with Gasteiger partial charge in [-0.1, -0.05) is 30.3 Å². The molecule has 2 aromatic carbocycles. The van der Waals surface area contributed by atoms with E-state index in [2.05, 4.69) is 10.6 Å². The van der Waals surface area contributed by atoms with Gasteiger partial charge in [-0.15, -0.1) is 0 Å². The number of amides is 3. The van der Waals surface area contributed by atoms with Crippen molar-refractivity contribution >= 4 is 17.9 Å². The fourth-order valence-electron chi connectivity index (χ4n) is 4.14. The van der Waals surface area contributed by atoms with Crippen molar-refractivity contribution in [2.75, 3.05) is 6.54 Å². The molecule has 0 fully saturated rings. The Labute approximate surface area is 226 Å². The van der Waals surface area contributed by atoms with Crippen molar-refractivity contribution < 1.29 is 24.2 Å². The Balaban J connectivity index is 2.55. The van der Waals surface area contributed by atoms with Crippen molar-refractivity contribution in [2.24, 2.45) is 0 Å². The maximum atomic E-state index is 14.2. The zero-order chi connectivity index (χ0) is 28.8. The Morgan fingerprint density at radius 2 is 1.58 bits per heavy atom. The lowest BCUT2D eigenvalue weighted by Gasteiger charge is -2.36. The monoisotopic (exact) mass is 525 g/mol. The summed E-state index contributed by atoms with van der Waals surface area (Å²) in [6.07, 6.45) is -0.581. The number of benzene rings is 2. The highest BCUT2D eigenvalue weighted by Crippen LogP contribution is 2.28. The van der Waals surface area contributed by atoms with Gasteiger partial charge < -0.3 is 25.4 Å². The maximum absolute atomic E-state index is 14.2. The summed E-state index contributed by atoms with van der Waals surface area (Å²) in [5, 5.41) is 15.4. The molecular weight excluding hydrogens is 482 g/mol. The number of phenols is 1. The molecule has 3 amide bonds. The predicted molar refractivity (Wildman–Crippen MR) is 149 cm³/mol. The predicted octanol–water partition coefficient (Wildman–Crippen LogP) is 4.95. The number of aryl methyl sites for hydroxylation is 1. The highest BCUT2D eigenvalue weighted by molar-refractivity contribution is 5.92. The Morgan fingerprint density at radius 1 is 0.974 bits per heavy atom. The van der Waals surface area contributed by atoms with Gasteiger partial charge in [0.2, 0.25) is 11.8 Å². The van der Waals surface area contributed by atoms with E-state index in [1.54, 1.807) is 32.9 Å². The smallest absolute Gasteiger partial charge is 0.408 e. The summed E-state index contributed by atoms with van der Waals surface area (Å²) in [4.78, 5) is 42.1. The third-order valence-corrected chi connectivity index (χ3v) is 5.99. The first-order valence-electron chi connectivity index (χ1n) is 13.0. The van der Waals surface area contributed by atoms with E-state index in [9.17, 15) is 19.5 Å². The number of nitrogens with zero attached hydrogens (tertiary/aromatic N) is 1. The summed E-state index contributed by atoms with van der Waals surface area (Å²) in [6.45, 7) is 16.9. The van der Waals surface area contributed by atoms with Crippen LogP contribution in [0.2, 0.25) is 0 Å². The van der Waals surface area contributed by atoms with Crippen molar-refractivity contribution in [1.29, 1.82) is 0 Å². The maximum Gasteiger partial charge on any atom is 0.408 e. The number of carbonyl (C=O) groups excluding carboxylic acids is 3. The summed E-state index contributed by atoms with van der Waals surface area (Å²) in [5.74, 6) is -0.621. The second kappa shape index (κ2) is 12.3. The minimum Gasteiger partial charge on any atom is -0.508 e. The number of hydrogen-bond donors (Lipinski definition) is 3. The van der Waals surface area contributed by atoms with E-state index in [0.29, 0.717) is 0 Å². The van der Waals surface area contributed by atoms with Crippen LogP contribution in [0.1, 0.15) is 76.8 Å². The molecular formula is C30H43N3O5. The topological polar surface area (TPSA) is 108 Å². The molecule has 0 saturated heterocycles. The number of likely N-dealkylation sites (N-methyl/N-ethyl adjacent to an activating group) is 1. The first-order valence-corrected chi connectivity index (χ1v) is 13.0. The zero-order valence-electron chi connectivity index (χ0n) is 24.1. The third-order valence-electron chi connectivity index (χ3n) is 5.99. The molecule has 0 bridgehead atoms. The SMILES string of the molecule is CCN(C(=O)C(Cc1ccc(O)cc1)NC(=O)OC(C)(C)C)C(C(=O)NC(C)(C)C)c1cccc(C)c1C. The number of hydrogen-bond acceptors (Lipinski definition) is 5. The van der Waals surface area contributed by atoms with Crippen molar-refractivity contribution in [2.45, 2.75) is 92.0 Å².